The number of imide groups is 1. The fraction of sp³-hybridized carbons (Fsp3) is 0.533. The number of amides is 4. The minimum atomic E-state index is -0.814. The van der Waals surface area contributed by atoms with Crippen molar-refractivity contribution in [3.8, 4) is 5.88 Å². The van der Waals surface area contributed by atoms with E-state index in [4.69, 9.17) is 4.74 Å². The van der Waals surface area contributed by atoms with Gasteiger partial charge in [-0.3, -0.25) is 14.9 Å². The van der Waals surface area contributed by atoms with E-state index in [1.165, 1.54) is 0 Å². The van der Waals surface area contributed by atoms with Crippen molar-refractivity contribution < 1.29 is 19.1 Å². The molecule has 0 spiro atoms. The Bertz CT molecular complexity index is 649. The van der Waals surface area contributed by atoms with E-state index >= 15 is 0 Å². The van der Waals surface area contributed by atoms with Crippen molar-refractivity contribution in [2.75, 3.05) is 13.1 Å². The average molecular weight is 333 g/mol. The standard InChI is InChI=1S/C15H19N5O4/c1-9-16-5-4-13(17-9)24-10-3-2-6-20(8-10)14(22)11-7-12(21)19-15(23)18-11/h4-5,10-11H,2-3,6-8H2,1H3,(H2,18,19,21,23). The number of piperidine rings is 1. The highest BCUT2D eigenvalue weighted by Crippen LogP contribution is 2.18. The number of likely N-dealkylation sites (tertiary alicyclic amines) is 1. The van der Waals surface area contributed by atoms with Gasteiger partial charge in [-0.2, -0.15) is 4.98 Å². The second-order valence-corrected chi connectivity index (χ2v) is 5.89. The molecule has 3 rings (SSSR count). The van der Waals surface area contributed by atoms with Crippen LogP contribution in [0.1, 0.15) is 25.1 Å². The number of aryl methyl sites for hydroxylation is 1. The normalized spacial score (nSPS) is 24.1. The molecule has 2 aliphatic rings. The second-order valence-electron chi connectivity index (χ2n) is 5.89. The Hall–Kier alpha value is -2.71. The molecule has 0 aromatic carbocycles. The van der Waals surface area contributed by atoms with Gasteiger partial charge in [-0.1, -0.05) is 0 Å². The highest BCUT2D eigenvalue weighted by molar-refractivity contribution is 6.02. The Labute approximate surface area is 138 Å². The predicted octanol–water partition coefficient (Wildman–Crippen LogP) is -0.247. The van der Waals surface area contributed by atoms with Crippen LogP contribution < -0.4 is 15.4 Å². The quantitative estimate of drug-likeness (QED) is 0.789. The third-order valence-electron chi connectivity index (χ3n) is 3.97. The first-order valence-corrected chi connectivity index (χ1v) is 7.86. The molecule has 9 nitrogen and oxygen atoms in total. The molecule has 1 aromatic rings. The summed E-state index contributed by atoms with van der Waals surface area (Å²) in [5.41, 5.74) is 0. The lowest BCUT2D eigenvalue weighted by atomic mass is 10.0. The number of aromatic nitrogens is 2. The molecule has 128 valence electrons. The van der Waals surface area contributed by atoms with E-state index in [9.17, 15) is 14.4 Å². The number of carbonyl (C=O) groups excluding carboxylic acids is 3. The van der Waals surface area contributed by atoms with Crippen molar-refractivity contribution in [3.05, 3.63) is 18.1 Å². The molecule has 0 aliphatic carbocycles. The minimum absolute atomic E-state index is 0.0439. The van der Waals surface area contributed by atoms with E-state index in [1.54, 1.807) is 24.1 Å². The van der Waals surface area contributed by atoms with Gasteiger partial charge in [0.25, 0.3) is 0 Å². The van der Waals surface area contributed by atoms with E-state index < -0.39 is 18.0 Å². The molecular formula is C15H19N5O4. The fourth-order valence-electron chi connectivity index (χ4n) is 2.88. The summed E-state index contributed by atoms with van der Waals surface area (Å²) >= 11 is 0. The summed E-state index contributed by atoms with van der Waals surface area (Å²) in [6.07, 6.45) is 3.00. The molecule has 2 N–H and O–H groups in total. The zero-order valence-corrected chi connectivity index (χ0v) is 13.3. The van der Waals surface area contributed by atoms with Crippen LogP contribution in [0.25, 0.3) is 0 Å². The van der Waals surface area contributed by atoms with Gasteiger partial charge in [-0.05, 0) is 19.8 Å². The van der Waals surface area contributed by atoms with Crippen molar-refractivity contribution >= 4 is 17.8 Å². The lowest BCUT2D eigenvalue weighted by Crippen LogP contribution is -2.59. The molecule has 2 aliphatic heterocycles. The van der Waals surface area contributed by atoms with Gasteiger partial charge in [0.2, 0.25) is 17.7 Å². The molecule has 4 amide bonds. The van der Waals surface area contributed by atoms with Gasteiger partial charge in [0.05, 0.1) is 13.0 Å². The number of rotatable bonds is 3. The van der Waals surface area contributed by atoms with Crippen molar-refractivity contribution in [1.82, 2.24) is 25.5 Å². The third kappa shape index (κ3) is 3.79. The van der Waals surface area contributed by atoms with Gasteiger partial charge >= 0.3 is 6.03 Å². The van der Waals surface area contributed by atoms with E-state index in [1.807, 2.05) is 0 Å². The first-order chi connectivity index (χ1) is 11.5. The molecule has 9 heteroatoms. The highest BCUT2D eigenvalue weighted by atomic mass is 16.5. The van der Waals surface area contributed by atoms with Gasteiger partial charge in [-0.15, -0.1) is 0 Å². The molecule has 24 heavy (non-hydrogen) atoms. The molecule has 0 saturated carbocycles. The number of ether oxygens (including phenoxy) is 1. The zero-order chi connectivity index (χ0) is 17.1. The molecule has 2 fully saturated rings. The summed E-state index contributed by atoms with van der Waals surface area (Å²) in [7, 11) is 0. The molecule has 1 aromatic heterocycles. The van der Waals surface area contributed by atoms with E-state index in [0.29, 0.717) is 24.8 Å². The van der Waals surface area contributed by atoms with Crippen molar-refractivity contribution in [2.24, 2.45) is 0 Å². The second kappa shape index (κ2) is 6.81. The fourth-order valence-corrected chi connectivity index (χ4v) is 2.88. The number of hydrogen-bond donors (Lipinski definition) is 2. The predicted molar refractivity (Wildman–Crippen MR) is 82.1 cm³/mol. The lowest BCUT2D eigenvalue weighted by molar-refractivity contribution is -0.138. The Morgan fingerprint density at radius 2 is 2.25 bits per heavy atom. The van der Waals surface area contributed by atoms with E-state index in [0.717, 1.165) is 12.8 Å². The maximum Gasteiger partial charge on any atom is 0.322 e. The van der Waals surface area contributed by atoms with Crippen molar-refractivity contribution in [1.29, 1.82) is 0 Å². The van der Waals surface area contributed by atoms with Gasteiger partial charge in [0.1, 0.15) is 18.0 Å². The zero-order valence-electron chi connectivity index (χ0n) is 13.3. The molecule has 2 atom stereocenters. The van der Waals surface area contributed by atoms with Crippen LogP contribution in [0.4, 0.5) is 4.79 Å². The monoisotopic (exact) mass is 333 g/mol. The van der Waals surface area contributed by atoms with Gasteiger partial charge in [-0.25, -0.2) is 9.78 Å². The summed E-state index contributed by atoms with van der Waals surface area (Å²) in [6.45, 7) is 2.76. The Kier molecular flexibility index (Phi) is 4.59. The number of urea groups is 1. The van der Waals surface area contributed by atoms with E-state index in [2.05, 4.69) is 20.6 Å². The van der Waals surface area contributed by atoms with Crippen LogP contribution in [-0.2, 0) is 9.59 Å². The van der Waals surface area contributed by atoms with Crippen LogP contribution >= 0.6 is 0 Å². The molecule has 0 bridgehead atoms. The summed E-state index contributed by atoms with van der Waals surface area (Å²) in [5.74, 6) is 0.392. The maximum absolute atomic E-state index is 12.5. The topological polar surface area (TPSA) is 114 Å². The smallest absolute Gasteiger partial charge is 0.322 e. The SMILES string of the molecule is Cc1nccc(OC2CCCN(C(=O)C3CC(=O)NC(=O)N3)C2)n1. The molecular weight excluding hydrogens is 314 g/mol. The van der Waals surface area contributed by atoms with Crippen LogP contribution in [0.2, 0.25) is 0 Å². The van der Waals surface area contributed by atoms with Crippen LogP contribution in [-0.4, -0.2) is 57.9 Å². The van der Waals surface area contributed by atoms with Gasteiger partial charge < -0.3 is 15.0 Å². The van der Waals surface area contributed by atoms with Crippen molar-refractivity contribution in [3.63, 3.8) is 0 Å². The van der Waals surface area contributed by atoms with Gasteiger partial charge in [0, 0.05) is 18.8 Å². The summed E-state index contributed by atoms with van der Waals surface area (Å²) in [5, 5.41) is 4.61. The molecule has 3 heterocycles. The number of carbonyl (C=O) groups is 3. The summed E-state index contributed by atoms with van der Waals surface area (Å²) in [4.78, 5) is 45.2. The Morgan fingerprint density at radius 1 is 1.42 bits per heavy atom. The van der Waals surface area contributed by atoms with Crippen LogP contribution in [0.3, 0.4) is 0 Å². The van der Waals surface area contributed by atoms with Crippen LogP contribution in [0.15, 0.2) is 12.3 Å². The maximum atomic E-state index is 12.5. The number of nitrogens with one attached hydrogen (secondary N) is 2. The van der Waals surface area contributed by atoms with Gasteiger partial charge in [0.15, 0.2) is 0 Å². The molecule has 2 saturated heterocycles. The first kappa shape index (κ1) is 16.2. The minimum Gasteiger partial charge on any atom is -0.472 e. The Morgan fingerprint density at radius 3 is 3.00 bits per heavy atom. The molecule has 0 radical (unpaired) electrons. The lowest BCUT2D eigenvalue weighted by Gasteiger charge is -2.35. The average Bonchev–Trinajstić information content (AvgIpc) is 2.53. The van der Waals surface area contributed by atoms with E-state index in [-0.39, 0.29) is 18.4 Å². The van der Waals surface area contributed by atoms with Crippen molar-refractivity contribution in [2.45, 2.75) is 38.3 Å². The largest absolute Gasteiger partial charge is 0.472 e. The summed E-state index contributed by atoms with van der Waals surface area (Å²) in [6, 6.07) is 0.233. The van der Waals surface area contributed by atoms with Crippen LogP contribution in [0.5, 0.6) is 5.88 Å². The first-order valence-electron chi connectivity index (χ1n) is 7.86. The summed E-state index contributed by atoms with van der Waals surface area (Å²) < 4.78 is 5.83. The third-order valence-corrected chi connectivity index (χ3v) is 3.97. The molecule has 2 unspecified atom stereocenters. The Balaban J connectivity index is 1.61. The number of nitrogens with zero attached hydrogens (tertiary/aromatic N) is 3. The number of hydrogen-bond acceptors (Lipinski definition) is 6. The highest BCUT2D eigenvalue weighted by Gasteiger charge is 2.34. The van der Waals surface area contributed by atoms with Crippen LogP contribution in [0, 0.1) is 6.92 Å².